The molecule has 0 spiro atoms. The molecule has 1 aromatic heterocycles. The lowest BCUT2D eigenvalue weighted by atomic mass is 10.1. The Hall–Kier alpha value is -2.12. The predicted molar refractivity (Wildman–Crippen MR) is 61.7 cm³/mol. The number of aromatic nitrogens is 2. The van der Waals surface area contributed by atoms with E-state index in [0.29, 0.717) is 6.42 Å². The summed E-state index contributed by atoms with van der Waals surface area (Å²) in [4.78, 5) is 23.8. The molecule has 2 aliphatic rings. The van der Waals surface area contributed by atoms with Crippen molar-refractivity contribution in [2.24, 2.45) is 0 Å². The fourth-order valence-electron chi connectivity index (χ4n) is 2.95. The molecule has 8 heteroatoms. The highest BCUT2D eigenvalue weighted by molar-refractivity contribution is 5.80. The normalized spacial score (nSPS) is 26.7. The molecule has 2 N–H and O–H groups in total. The number of anilines is 1. The molecule has 2 fully saturated rings. The summed E-state index contributed by atoms with van der Waals surface area (Å²) in [5.41, 5.74) is 5.55. The molecule has 96 valence electrons. The van der Waals surface area contributed by atoms with E-state index < -0.39 is 4.92 Å². The Balaban J connectivity index is 1.96. The first-order valence-corrected chi connectivity index (χ1v) is 5.86. The summed E-state index contributed by atoms with van der Waals surface area (Å²) in [6.45, 7) is 0.767. The van der Waals surface area contributed by atoms with Crippen LogP contribution in [0, 0.1) is 10.1 Å². The lowest BCUT2D eigenvalue weighted by Crippen LogP contribution is -2.30. The molecule has 3 heterocycles. The van der Waals surface area contributed by atoms with Crippen LogP contribution in [0.15, 0.2) is 6.20 Å². The van der Waals surface area contributed by atoms with E-state index in [1.54, 1.807) is 0 Å². The van der Waals surface area contributed by atoms with Crippen LogP contribution >= 0.6 is 0 Å². The first kappa shape index (κ1) is 11.0. The van der Waals surface area contributed by atoms with Crippen molar-refractivity contribution in [3.05, 3.63) is 16.3 Å². The van der Waals surface area contributed by atoms with Gasteiger partial charge in [0, 0.05) is 6.54 Å². The minimum atomic E-state index is -0.554. The molecule has 0 aromatic carbocycles. The van der Waals surface area contributed by atoms with Gasteiger partial charge in [-0.2, -0.15) is 5.10 Å². The zero-order chi connectivity index (χ0) is 12.9. The summed E-state index contributed by atoms with van der Waals surface area (Å²) < 4.78 is 1.44. The number of hydrogen-bond acceptors (Lipinski definition) is 5. The number of nitro groups is 1. The van der Waals surface area contributed by atoms with Crippen molar-refractivity contribution in [2.75, 3.05) is 12.3 Å². The second-order valence-electron chi connectivity index (χ2n) is 4.68. The van der Waals surface area contributed by atoms with Crippen molar-refractivity contribution >= 4 is 17.4 Å². The minimum absolute atomic E-state index is 0.0338. The Morgan fingerprint density at radius 2 is 2.28 bits per heavy atom. The van der Waals surface area contributed by atoms with Gasteiger partial charge in [0.15, 0.2) is 0 Å². The quantitative estimate of drug-likeness (QED) is 0.601. The lowest BCUT2D eigenvalue weighted by molar-refractivity contribution is -0.384. The molecule has 1 aromatic rings. The Bertz CT molecular complexity index is 526. The minimum Gasteiger partial charge on any atom is -0.378 e. The molecule has 0 saturated carbocycles. The van der Waals surface area contributed by atoms with E-state index in [4.69, 9.17) is 5.73 Å². The van der Waals surface area contributed by atoms with Crippen molar-refractivity contribution in [1.82, 2.24) is 14.7 Å². The van der Waals surface area contributed by atoms with Gasteiger partial charge in [-0.1, -0.05) is 0 Å². The third-order valence-electron chi connectivity index (χ3n) is 3.77. The van der Waals surface area contributed by atoms with E-state index in [1.807, 2.05) is 4.90 Å². The zero-order valence-corrected chi connectivity index (χ0v) is 9.65. The number of nitrogens with zero attached hydrogens (tertiary/aromatic N) is 4. The van der Waals surface area contributed by atoms with Crippen LogP contribution in [0.3, 0.4) is 0 Å². The Morgan fingerprint density at radius 1 is 1.50 bits per heavy atom. The van der Waals surface area contributed by atoms with Crippen molar-refractivity contribution < 1.29 is 9.72 Å². The largest absolute Gasteiger partial charge is 0.378 e. The molecule has 1 amide bonds. The van der Waals surface area contributed by atoms with Crippen LogP contribution in [0.5, 0.6) is 0 Å². The summed E-state index contributed by atoms with van der Waals surface area (Å²) in [6.07, 6.45) is 3.35. The van der Waals surface area contributed by atoms with E-state index in [-0.39, 0.29) is 29.5 Å². The lowest BCUT2D eigenvalue weighted by Gasteiger charge is -2.20. The number of fused-ring (bicyclic) bond motifs is 1. The molecule has 0 radical (unpaired) electrons. The second-order valence-corrected chi connectivity index (χ2v) is 4.68. The average molecular weight is 251 g/mol. The molecule has 0 bridgehead atoms. The van der Waals surface area contributed by atoms with Gasteiger partial charge in [-0.15, -0.1) is 0 Å². The SMILES string of the molecule is Nc1c([N+](=O)[O-])cnn1C1CC(=O)N2CCCC12. The molecule has 2 atom stereocenters. The molecular weight excluding hydrogens is 238 g/mol. The zero-order valence-electron chi connectivity index (χ0n) is 9.65. The van der Waals surface area contributed by atoms with Gasteiger partial charge >= 0.3 is 5.69 Å². The fraction of sp³-hybridized carbons (Fsp3) is 0.600. The number of carbonyl (C=O) groups excluding carboxylic acids is 1. The number of carbonyl (C=O) groups is 1. The summed E-state index contributed by atoms with van der Waals surface area (Å²) in [5, 5.41) is 14.7. The van der Waals surface area contributed by atoms with Gasteiger partial charge in [-0.05, 0) is 12.8 Å². The highest BCUT2D eigenvalue weighted by atomic mass is 16.6. The first-order chi connectivity index (χ1) is 8.59. The van der Waals surface area contributed by atoms with E-state index in [2.05, 4.69) is 5.10 Å². The third kappa shape index (κ3) is 1.38. The number of rotatable bonds is 2. The molecule has 2 aliphatic heterocycles. The number of nitrogen functional groups attached to an aromatic ring is 1. The molecule has 0 aliphatic carbocycles. The number of nitrogens with two attached hydrogens (primary N) is 1. The van der Waals surface area contributed by atoms with Gasteiger partial charge in [0.2, 0.25) is 11.7 Å². The summed E-state index contributed by atoms with van der Waals surface area (Å²) in [6, 6.07) is -0.0898. The Labute approximate surface area is 102 Å². The van der Waals surface area contributed by atoms with Crippen LogP contribution < -0.4 is 5.73 Å². The Kier molecular flexibility index (Phi) is 2.25. The van der Waals surface area contributed by atoms with Crippen molar-refractivity contribution in [3.8, 4) is 0 Å². The molecule has 18 heavy (non-hydrogen) atoms. The van der Waals surface area contributed by atoms with Crippen LogP contribution in [0.4, 0.5) is 11.5 Å². The van der Waals surface area contributed by atoms with E-state index in [1.165, 1.54) is 4.68 Å². The van der Waals surface area contributed by atoms with Gasteiger partial charge in [-0.3, -0.25) is 14.9 Å². The maximum Gasteiger partial charge on any atom is 0.330 e. The van der Waals surface area contributed by atoms with Gasteiger partial charge in [-0.25, -0.2) is 4.68 Å². The van der Waals surface area contributed by atoms with Gasteiger partial charge in [0.05, 0.1) is 23.4 Å². The van der Waals surface area contributed by atoms with Gasteiger partial charge in [0.25, 0.3) is 0 Å². The monoisotopic (exact) mass is 251 g/mol. The van der Waals surface area contributed by atoms with Crippen LogP contribution in [-0.4, -0.2) is 38.1 Å². The standard InChI is InChI=1S/C10H13N5O3/c11-10-8(15(17)18)5-12-14(10)7-4-9(16)13-3-1-2-6(7)13/h5-7H,1-4,11H2. The van der Waals surface area contributed by atoms with Gasteiger partial charge in [0.1, 0.15) is 6.20 Å². The summed E-state index contributed by atoms with van der Waals surface area (Å²) in [5.74, 6) is 0.117. The van der Waals surface area contributed by atoms with Crippen LogP contribution in [0.25, 0.3) is 0 Å². The Morgan fingerprint density at radius 3 is 2.94 bits per heavy atom. The highest BCUT2D eigenvalue weighted by Gasteiger charge is 2.44. The maximum atomic E-state index is 11.8. The van der Waals surface area contributed by atoms with E-state index >= 15 is 0 Å². The third-order valence-corrected chi connectivity index (χ3v) is 3.77. The van der Waals surface area contributed by atoms with Crippen molar-refractivity contribution in [1.29, 1.82) is 0 Å². The van der Waals surface area contributed by atoms with E-state index in [9.17, 15) is 14.9 Å². The fourth-order valence-corrected chi connectivity index (χ4v) is 2.95. The van der Waals surface area contributed by atoms with Crippen LogP contribution in [0.2, 0.25) is 0 Å². The number of amides is 1. The molecule has 2 unspecified atom stereocenters. The first-order valence-electron chi connectivity index (χ1n) is 5.86. The average Bonchev–Trinajstić information content (AvgIpc) is 2.96. The maximum absolute atomic E-state index is 11.8. The topological polar surface area (TPSA) is 107 Å². The van der Waals surface area contributed by atoms with Crippen molar-refractivity contribution in [2.45, 2.75) is 31.3 Å². The predicted octanol–water partition coefficient (Wildman–Crippen LogP) is 0.309. The molecule has 3 rings (SSSR count). The molecule has 8 nitrogen and oxygen atoms in total. The highest BCUT2D eigenvalue weighted by Crippen LogP contribution is 2.38. The summed E-state index contributed by atoms with van der Waals surface area (Å²) >= 11 is 0. The van der Waals surface area contributed by atoms with Gasteiger partial charge < -0.3 is 10.6 Å². The second kappa shape index (κ2) is 3.69. The smallest absolute Gasteiger partial charge is 0.330 e. The van der Waals surface area contributed by atoms with Crippen LogP contribution in [0.1, 0.15) is 25.3 Å². The molecular formula is C10H13N5O3. The van der Waals surface area contributed by atoms with Crippen molar-refractivity contribution in [3.63, 3.8) is 0 Å². The van der Waals surface area contributed by atoms with E-state index in [0.717, 1.165) is 25.6 Å². The molecule has 2 saturated heterocycles. The van der Waals surface area contributed by atoms with Crippen LogP contribution in [-0.2, 0) is 4.79 Å². The number of hydrogen-bond donors (Lipinski definition) is 1. The summed E-state index contributed by atoms with van der Waals surface area (Å²) in [7, 11) is 0.